The van der Waals surface area contributed by atoms with Crippen molar-refractivity contribution >= 4 is 11.9 Å². The van der Waals surface area contributed by atoms with E-state index in [0.29, 0.717) is 5.69 Å². The summed E-state index contributed by atoms with van der Waals surface area (Å²) in [6, 6.07) is 3.56. The molecule has 0 spiro atoms. The number of hydrogen-bond acceptors (Lipinski definition) is 7. The van der Waals surface area contributed by atoms with Crippen LogP contribution in [0.15, 0.2) is 53.1 Å². The van der Waals surface area contributed by atoms with Crippen molar-refractivity contribution in [3.8, 4) is 0 Å². The number of carbonyl (C=O) groups is 2. The molecule has 0 aliphatic rings. The first-order valence-corrected chi connectivity index (χ1v) is 12.2. The Morgan fingerprint density at radius 2 is 1.50 bits per heavy atom. The van der Waals surface area contributed by atoms with Crippen LogP contribution in [-0.4, -0.2) is 58.1 Å². The number of carboxylic acid groups (broad SMARTS) is 1. The Morgan fingerprint density at radius 1 is 0.929 bits per heavy atom. The van der Waals surface area contributed by atoms with Gasteiger partial charge in [-0.3, -0.25) is 9.97 Å². The van der Waals surface area contributed by atoms with Gasteiger partial charge in [-0.25, -0.2) is 9.59 Å². The summed E-state index contributed by atoms with van der Waals surface area (Å²) >= 11 is 0. The molecule has 0 aliphatic carbocycles. The van der Waals surface area contributed by atoms with Crippen LogP contribution in [0, 0.1) is 0 Å². The van der Waals surface area contributed by atoms with Gasteiger partial charge in [0.25, 0.3) is 0 Å². The van der Waals surface area contributed by atoms with Crippen LogP contribution >= 0.6 is 0 Å². The van der Waals surface area contributed by atoms with Crippen molar-refractivity contribution in [3.05, 3.63) is 80.6 Å². The highest BCUT2D eigenvalue weighted by Crippen LogP contribution is 2.26. The van der Waals surface area contributed by atoms with Crippen molar-refractivity contribution in [1.29, 1.82) is 0 Å². The van der Waals surface area contributed by atoms with Crippen LogP contribution in [0.1, 0.15) is 64.9 Å². The third-order valence-corrected chi connectivity index (χ3v) is 5.25. The molecule has 12 nitrogen and oxygen atoms in total. The van der Waals surface area contributed by atoms with Gasteiger partial charge in [-0.05, 0) is 67.4 Å². The van der Waals surface area contributed by atoms with Crippen LogP contribution in [0.3, 0.4) is 0 Å². The van der Waals surface area contributed by atoms with Crippen molar-refractivity contribution in [1.82, 2.24) is 9.97 Å². The monoisotopic (exact) mass is 604 g/mol. The van der Waals surface area contributed by atoms with Gasteiger partial charge in [0.15, 0.2) is 0 Å². The lowest BCUT2D eigenvalue weighted by molar-refractivity contribution is -0.139. The fourth-order valence-electron chi connectivity index (χ4n) is 3.47. The van der Waals surface area contributed by atoms with Crippen LogP contribution in [0.5, 0.6) is 0 Å². The second-order valence-electron chi connectivity index (χ2n) is 8.57. The van der Waals surface area contributed by atoms with Gasteiger partial charge in [0.1, 0.15) is 0 Å². The molecule has 1 N–H and O–H groups in total. The predicted molar refractivity (Wildman–Crippen MR) is 135 cm³/mol. The summed E-state index contributed by atoms with van der Waals surface area (Å²) in [4.78, 5) is 34.9. The van der Waals surface area contributed by atoms with Gasteiger partial charge in [-0.15, -0.1) is 0 Å². The fourth-order valence-corrected chi connectivity index (χ4v) is 3.47. The Morgan fingerprint density at radius 3 is 2.00 bits per heavy atom. The smallest absolute Gasteiger partial charge is 0.389 e. The molecule has 0 fully saturated rings. The molecule has 2 unspecified atom stereocenters. The van der Waals surface area contributed by atoms with Crippen LogP contribution in [-0.2, 0) is 11.2 Å². The maximum Gasteiger partial charge on any atom is 0.389 e. The zero-order valence-corrected chi connectivity index (χ0v) is 21.9. The van der Waals surface area contributed by atoms with Gasteiger partial charge >= 0.3 is 24.3 Å². The van der Waals surface area contributed by atoms with Crippen LogP contribution in [0.4, 0.5) is 26.3 Å². The van der Waals surface area contributed by atoms with E-state index < -0.39 is 49.2 Å². The van der Waals surface area contributed by atoms with E-state index >= 15 is 0 Å². The van der Waals surface area contributed by atoms with Crippen molar-refractivity contribution in [2.75, 3.05) is 6.61 Å². The summed E-state index contributed by atoms with van der Waals surface area (Å²) in [5.74, 6) is -1.74. The number of azide groups is 2. The fraction of sp³-hybridized carbons (Fsp3) is 0.500. The summed E-state index contributed by atoms with van der Waals surface area (Å²) in [7, 11) is 0. The van der Waals surface area contributed by atoms with Crippen LogP contribution in [0.25, 0.3) is 20.9 Å². The van der Waals surface area contributed by atoms with Gasteiger partial charge in [-0.2, -0.15) is 26.3 Å². The molecule has 2 rings (SSSR count). The Hall–Kier alpha value is -4.56. The molecule has 0 aromatic carbocycles. The Kier molecular flexibility index (Phi) is 15.2. The molecule has 2 aromatic heterocycles. The summed E-state index contributed by atoms with van der Waals surface area (Å²) in [6.07, 6.45) is -6.31. The van der Waals surface area contributed by atoms with Gasteiger partial charge in [0, 0.05) is 40.5 Å². The Bertz CT molecular complexity index is 1230. The van der Waals surface area contributed by atoms with E-state index in [9.17, 15) is 35.9 Å². The largest absolute Gasteiger partial charge is 0.478 e. The average Bonchev–Trinajstić information content (AvgIpc) is 2.90. The number of carbonyl (C=O) groups excluding carboxylic acids is 1. The first kappa shape index (κ1) is 35.5. The summed E-state index contributed by atoms with van der Waals surface area (Å²) in [6.45, 7) is -0.0525. The highest BCUT2D eigenvalue weighted by molar-refractivity contribution is 5.89. The van der Waals surface area contributed by atoms with E-state index in [1.165, 1.54) is 36.8 Å². The van der Waals surface area contributed by atoms with Gasteiger partial charge < -0.3 is 9.84 Å². The number of alkyl halides is 6. The average molecular weight is 605 g/mol. The lowest BCUT2D eigenvalue weighted by atomic mass is 10.0. The Labute approximate surface area is 235 Å². The number of pyridine rings is 2. The number of ether oxygens (including phenoxy) is 1. The minimum Gasteiger partial charge on any atom is -0.478 e. The molecule has 42 heavy (non-hydrogen) atoms. The van der Waals surface area contributed by atoms with E-state index in [1.807, 2.05) is 0 Å². The van der Waals surface area contributed by atoms with Crippen LogP contribution in [0.2, 0.25) is 0 Å². The molecule has 0 saturated heterocycles. The summed E-state index contributed by atoms with van der Waals surface area (Å²) in [5.41, 5.74) is 17.1. The van der Waals surface area contributed by atoms with E-state index in [4.69, 9.17) is 20.9 Å². The molecule has 0 aliphatic heterocycles. The third-order valence-electron chi connectivity index (χ3n) is 5.25. The summed E-state index contributed by atoms with van der Waals surface area (Å²) < 4.78 is 78.4. The maximum absolute atomic E-state index is 12.3. The quantitative estimate of drug-likeness (QED) is 0.0584. The number of aryl methyl sites for hydroxylation is 1. The number of esters is 1. The Balaban J connectivity index is 0.000000420. The summed E-state index contributed by atoms with van der Waals surface area (Å²) in [5, 5.41) is 15.2. The van der Waals surface area contributed by atoms with Gasteiger partial charge in [0.05, 0.1) is 36.3 Å². The second-order valence-corrected chi connectivity index (χ2v) is 8.57. The number of carboxylic acids is 1. The molecule has 2 atom stereocenters. The number of hydrogen-bond donors (Lipinski definition) is 1. The minimum absolute atomic E-state index is 0.0100. The topological polar surface area (TPSA) is 187 Å². The molecule has 0 radical (unpaired) electrons. The van der Waals surface area contributed by atoms with Crippen molar-refractivity contribution in [3.63, 3.8) is 0 Å². The highest BCUT2D eigenvalue weighted by Gasteiger charge is 2.32. The molecule has 0 saturated carbocycles. The lowest BCUT2D eigenvalue weighted by Gasteiger charge is -2.13. The molecule has 0 bridgehead atoms. The highest BCUT2D eigenvalue weighted by atomic mass is 19.4. The SMILES string of the molecule is [N-]=[N+]=NC(CCCOC(=O)c1cccnc1)CC(F)(F)F.[N-]=[N+]=NC(CCCc1ncccc1C(=O)O)CC(F)(F)F. The molecular weight excluding hydrogens is 578 g/mol. The van der Waals surface area contributed by atoms with Gasteiger partial charge in [0.2, 0.25) is 0 Å². The van der Waals surface area contributed by atoms with E-state index in [1.54, 1.807) is 6.07 Å². The van der Waals surface area contributed by atoms with E-state index in [0.717, 1.165) is 0 Å². The number of halogens is 6. The predicted octanol–water partition coefficient (Wildman–Crippen LogP) is 7.38. The second kappa shape index (κ2) is 18.0. The minimum atomic E-state index is -4.41. The molecule has 2 aromatic rings. The van der Waals surface area contributed by atoms with E-state index in [2.05, 4.69) is 30.0 Å². The first-order valence-electron chi connectivity index (χ1n) is 12.2. The molecular formula is C24H26F6N8O4. The maximum atomic E-state index is 12.3. The zero-order valence-electron chi connectivity index (χ0n) is 21.9. The molecule has 0 amide bonds. The van der Waals surface area contributed by atoms with Crippen molar-refractivity contribution in [2.45, 2.75) is 69.4 Å². The molecule has 228 valence electrons. The number of nitrogens with zero attached hydrogens (tertiary/aromatic N) is 8. The van der Waals surface area contributed by atoms with Crippen molar-refractivity contribution in [2.24, 2.45) is 10.2 Å². The molecule has 2 heterocycles. The zero-order chi connectivity index (χ0) is 31.6. The number of aromatic carboxylic acids is 1. The number of aromatic nitrogens is 2. The van der Waals surface area contributed by atoms with Gasteiger partial charge in [-0.1, -0.05) is 10.2 Å². The lowest BCUT2D eigenvalue weighted by Crippen LogP contribution is -2.18. The van der Waals surface area contributed by atoms with E-state index in [-0.39, 0.29) is 49.8 Å². The normalized spacial score (nSPS) is 12.4. The van der Waals surface area contributed by atoms with Crippen LogP contribution < -0.4 is 0 Å². The third kappa shape index (κ3) is 15.9. The standard InChI is InChI=1S/2C12H13F3N4O2/c13-12(14,15)7-10(18-19-16)4-2-6-21-11(20)9-3-1-5-17-8-9;13-12(14,15)7-8(18-19-16)3-1-5-10-9(11(20)21)4-2-6-17-10/h1,3,5,8,10H,2,4,6-7H2;2,4,6,8H,1,3,5,7H2,(H,20,21). The molecule has 18 heteroatoms. The van der Waals surface area contributed by atoms with Crippen molar-refractivity contribution < 1.29 is 45.8 Å². The number of rotatable bonds is 14. The first-order chi connectivity index (χ1) is 19.8.